The maximum atomic E-state index is 12.9. The van der Waals surface area contributed by atoms with Gasteiger partial charge in [0.2, 0.25) is 0 Å². The van der Waals surface area contributed by atoms with Crippen LogP contribution in [0.5, 0.6) is 0 Å². The highest BCUT2D eigenvalue weighted by Gasteiger charge is 2.30. The normalized spacial score (nSPS) is 18.2. The number of hydrogen-bond acceptors (Lipinski definition) is 5. The Hall–Kier alpha value is -2.74. The Morgan fingerprint density at radius 3 is 3.08 bits per heavy atom. The van der Waals surface area contributed by atoms with Crippen LogP contribution < -0.4 is 0 Å². The SMILES string of the molecule is Cc1cn(C)c(C2CN(C(=O)c3cnn4cccnc34)CCO2)n1. The van der Waals surface area contributed by atoms with Crippen molar-refractivity contribution in [1.29, 1.82) is 0 Å². The Morgan fingerprint density at radius 2 is 2.29 bits per heavy atom. The first-order chi connectivity index (χ1) is 11.6. The lowest BCUT2D eigenvalue weighted by Gasteiger charge is -2.32. The molecule has 4 rings (SSSR count). The molecule has 1 aliphatic heterocycles. The third kappa shape index (κ3) is 2.44. The molecule has 124 valence electrons. The van der Waals surface area contributed by atoms with Crippen molar-refractivity contribution in [1.82, 2.24) is 29.0 Å². The van der Waals surface area contributed by atoms with Crippen molar-refractivity contribution in [2.45, 2.75) is 13.0 Å². The number of hydrogen-bond donors (Lipinski definition) is 0. The second-order valence-corrected chi connectivity index (χ2v) is 5.91. The van der Waals surface area contributed by atoms with Crippen LogP contribution in [-0.4, -0.2) is 54.7 Å². The summed E-state index contributed by atoms with van der Waals surface area (Å²) in [5.41, 5.74) is 2.01. The number of amides is 1. The quantitative estimate of drug-likeness (QED) is 0.702. The van der Waals surface area contributed by atoms with Gasteiger partial charge >= 0.3 is 0 Å². The van der Waals surface area contributed by atoms with Crippen molar-refractivity contribution in [2.24, 2.45) is 7.05 Å². The van der Waals surface area contributed by atoms with E-state index in [1.54, 1.807) is 34.1 Å². The van der Waals surface area contributed by atoms with E-state index in [0.29, 0.717) is 30.9 Å². The summed E-state index contributed by atoms with van der Waals surface area (Å²) in [6.07, 6.45) is 6.73. The molecule has 1 amide bonds. The van der Waals surface area contributed by atoms with Crippen LogP contribution in [-0.2, 0) is 11.8 Å². The fourth-order valence-electron chi connectivity index (χ4n) is 3.07. The van der Waals surface area contributed by atoms with Crippen molar-refractivity contribution < 1.29 is 9.53 Å². The first-order valence-electron chi connectivity index (χ1n) is 7.82. The molecule has 1 atom stereocenters. The second-order valence-electron chi connectivity index (χ2n) is 5.91. The first kappa shape index (κ1) is 14.8. The van der Waals surface area contributed by atoms with Gasteiger partial charge in [-0.3, -0.25) is 4.79 Å². The first-order valence-corrected chi connectivity index (χ1v) is 7.82. The molecule has 0 spiro atoms. The number of aryl methyl sites for hydroxylation is 2. The molecule has 0 saturated carbocycles. The summed E-state index contributed by atoms with van der Waals surface area (Å²) < 4.78 is 9.38. The molecule has 0 aromatic carbocycles. The number of fused-ring (bicyclic) bond motifs is 1. The number of carbonyl (C=O) groups excluding carboxylic acids is 1. The molecule has 1 fully saturated rings. The fourth-order valence-corrected chi connectivity index (χ4v) is 3.07. The summed E-state index contributed by atoms with van der Waals surface area (Å²) in [5.74, 6) is 0.755. The maximum Gasteiger partial charge on any atom is 0.259 e. The Labute approximate surface area is 138 Å². The molecule has 24 heavy (non-hydrogen) atoms. The number of morpholine rings is 1. The molecule has 0 aliphatic carbocycles. The predicted octanol–water partition coefficient (Wildman–Crippen LogP) is 0.985. The Bertz CT molecular complexity index is 899. The molecule has 8 nitrogen and oxygen atoms in total. The van der Waals surface area contributed by atoms with Crippen LogP contribution in [0.25, 0.3) is 5.65 Å². The predicted molar refractivity (Wildman–Crippen MR) is 85.5 cm³/mol. The van der Waals surface area contributed by atoms with Crippen LogP contribution in [0.15, 0.2) is 30.9 Å². The number of imidazole rings is 1. The molecule has 1 aliphatic rings. The minimum atomic E-state index is -0.226. The van der Waals surface area contributed by atoms with E-state index in [2.05, 4.69) is 15.1 Å². The minimum absolute atomic E-state index is 0.0806. The van der Waals surface area contributed by atoms with Crippen molar-refractivity contribution in [3.63, 3.8) is 0 Å². The Balaban J connectivity index is 1.60. The number of aromatic nitrogens is 5. The number of ether oxygens (including phenoxy) is 1. The smallest absolute Gasteiger partial charge is 0.259 e. The van der Waals surface area contributed by atoms with E-state index < -0.39 is 0 Å². The van der Waals surface area contributed by atoms with Gasteiger partial charge in [-0.05, 0) is 13.0 Å². The number of rotatable bonds is 2. The average Bonchev–Trinajstić information content (AvgIpc) is 3.17. The van der Waals surface area contributed by atoms with Crippen LogP contribution in [0.2, 0.25) is 0 Å². The van der Waals surface area contributed by atoms with Gasteiger partial charge in [0.1, 0.15) is 17.5 Å². The molecule has 0 N–H and O–H groups in total. The molecule has 3 aromatic heterocycles. The van der Waals surface area contributed by atoms with Gasteiger partial charge in [0, 0.05) is 32.2 Å². The lowest BCUT2D eigenvalue weighted by atomic mass is 10.2. The van der Waals surface area contributed by atoms with Gasteiger partial charge < -0.3 is 14.2 Å². The standard InChI is InChI=1S/C16H18N6O2/c1-11-9-20(2)15(19-11)13-10-21(6-7-24-13)16(23)12-8-18-22-5-3-4-17-14(12)22/h3-5,8-9,13H,6-7,10H2,1-2H3. The van der Waals surface area contributed by atoms with E-state index >= 15 is 0 Å². The summed E-state index contributed by atoms with van der Waals surface area (Å²) in [6, 6.07) is 1.78. The second kappa shape index (κ2) is 5.72. The van der Waals surface area contributed by atoms with Crippen molar-refractivity contribution in [2.75, 3.05) is 19.7 Å². The van der Waals surface area contributed by atoms with Gasteiger partial charge in [-0.15, -0.1) is 0 Å². The van der Waals surface area contributed by atoms with Crippen molar-refractivity contribution in [3.05, 3.63) is 47.9 Å². The summed E-state index contributed by atoms with van der Waals surface area (Å²) in [5, 5.41) is 4.19. The Morgan fingerprint density at radius 1 is 1.42 bits per heavy atom. The molecule has 3 aromatic rings. The van der Waals surface area contributed by atoms with Gasteiger partial charge in [0.25, 0.3) is 5.91 Å². The largest absolute Gasteiger partial charge is 0.367 e. The van der Waals surface area contributed by atoms with Crippen LogP contribution >= 0.6 is 0 Å². The molecular weight excluding hydrogens is 308 g/mol. The topological polar surface area (TPSA) is 77.6 Å². The summed E-state index contributed by atoms with van der Waals surface area (Å²) >= 11 is 0. The molecule has 1 saturated heterocycles. The highest BCUT2D eigenvalue weighted by atomic mass is 16.5. The highest BCUT2D eigenvalue weighted by Crippen LogP contribution is 2.23. The Kier molecular flexibility index (Phi) is 3.53. The maximum absolute atomic E-state index is 12.9. The molecule has 0 radical (unpaired) electrons. The summed E-state index contributed by atoms with van der Waals surface area (Å²) in [7, 11) is 1.94. The third-order valence-corrected chi connectivity index (χ3v) is 4.18. The van der Waals surface area contributed by atoms with Crippen LogP contribution in [0.1, 0.15) is 28.0 Å². The summed E-state index contributed by atoms with van der Waals surface area (Å²) in [6.45, 7) is 3.44. The lowest BCUT2D eigenvalue weighted by molar-refractivity contribution is -0.0279. The monoisotopic (exact) mass is 326 g/mol. The lowest BCUT2D eigenvalue weighted by Crippen LogP contribution is -2.42. The van der Waals surface area contributed by atoms with E-state index in [9.17, 15) is 4.79 Å². The molecule has 8 heteroatoms. The molecule has 1 unspecified atom stereocenters. The molecule has 4 heterocycles. The van der Waals surface area contributed by atoms with Gasteiger partial charge in [-0.2, -0.15) is 5.10 Å². The van der Waals surface area contributed by atoms with Crippen molar-refractivity contribution >= 4 is 11.6 Å². The van der Waals surface area contributed by atoms with Gasteiger partial charge in [0.15, 0.2) is 5.65 Å². The van der Waals surface area contributed by atoms with Gasteiger partial charge in [-0.25, -0.2) is 14.5 Å². The zero-order valence-corrected chi connectivity index (χ0v) is 13.6. The molecule has 0 bridgehead atoms. The summed E-state index contributed by atoms with van der Waals surface area (Å²) in [4.78, 5) is 23.4. The number of nitrogens with zero attached hydrogens (tertiary/aromatic N) is 6. The van der Waals surface area contributed by atoms with E-state index in [-0.39, 0.29) is 12.0 Å². The van der Waals surface area contributed by atoms with E-state index in [0.717, 1.165) is 11.5 Å². The zero-order valence-electron chi connectivity index (χ0n) is 13.6. The minimum Gasteiger partial charge on any atom is -0.367 e. The van der Waals surface area contributed by atoms with E-state index in [4.69, 9.17) is 4.74 Å². The van der Waals surface area contributed by atoms with Crippen LogP contribution in [0.3, 0.4) is 0 Å². The zero-order chi connectivity index (χ0) is 16.7. The van der Waals surface area contributed by atoms with Crippen LogP contribution in [0.4, 0.5) is 0 Å². The van der Waals surface area contributed by atoms with E-state index in [1.165, 1.54) is 0 Å². The fraction of sp³-hybridized carbons (Fsp3) is 0.375. The average molecular weight is 326 g/mol. The van der Waals surface area contributed by atoms with Crippen LogP contribution in [0, 0.1) is 6.92 Å². The van der Waals surface area contributed by atoms with Crippen molar-refractivity contribution in [3.8, 4) is 0 Å². The van der Waals surface area contributed by atoms with Gasteiger partial charge in [-0.1, -0.05) is 0 Å². The number of carbonyl (C=O) groups is 1. The van der Waals surface area contributed by atoms with Gasteiger partial charge in [0.05, 0.1) is 25.0 Å². The van der Waals surface area contributed by atoms with E-state index in [1.807, 2.05) is 24.7 Å². The molecular formula is C16H18N6O2. The highest BCUT2D eigenvalue weighted by molar-refractivity contribution is 5.99. The third-order valence-electron chi connectivity index (χ3n) is 4.18.